The number of aromatic nitrogens is 2. The zero-order chi connectivity index (χ0) is 20.1. The molecule has 0 saturated heterocycles. The number of hydrogen-bond donors (Lipinski definition) is 2. The van der Waals surface area contributed by atoms with Crippen molar-refractivity contribution in [3.63, 3.8) is 0 Å². The molecule has 0 spiro atoms. The van der Waals surface area contributed by atoms with Gasteiger partial charge in [0.25, 0.3) is 5.56 Å². The van der Waals surface area contributed by atoms with E-state index >= 15 is 0 Å². The topological polar surface area (TPSA) is 129 Å². The molecule has 2 N–H and O–H groups in total. The number of nitrogens with zero attached hydrogens (tertiary/aromatic N) is 2. The Hall–Kier alpha value is -3.21. The second-order valence-corrected chi connectivity index (χ2v) is 6.67. The standard InChI is InChI=1S/C17H18N4O6S/c1-2-26-16(24)11-7-18-17(25)20-12(11)8-27-13(22)3-5-21-9-19-14-10(15(21)23)4-6-28-14/h4,6,9H,2-3,5,7-8H2,1H3,(H2,18,20,25). The number of nitrogens with one attached hydrogen (secondary N) is 2. The van der Waals surface area contributed by atoms with Crippen molar-refractivity contribution in [2.45, 2.75) is 19.9 Å². The first-order valence-corrected chi connectivity index (χ1v) is 9.39. The summed E-state index contributed by atoms with van der Waals surface area (Å²) in [5, 5.41) is 7.19. The molecule has 0 atom stereocenters. The van der Waals surface area contributed by atoms with Gasteiger partial charge in [0, 0.05) is 6.54 Å². The molecule has 148 valence electrons. The molecular formula is C17H18N4O6S. The number of fused-ring (bicyclic) bond motifs is 1. The SMILES string of the molecule is CCOC(=O)C1=C(COC(=O)CCn2cnc3sccc3c2=O)NC(=O)NC1. The van der Waals surface area contributed by atoms with Crippen LogP contribution in [0.3, 0.4) is 0 Å². The van der Waals surface area contributed by atoms with E-state index in [4.69, 9.17) is 9.47 Å². The molecule has 3 heterocycles. The lowest BCUT2D eigenvalue weighted by atomic mass is 10.2. The third kappa shape index (κ3) is 4.36. The van der Waals surface area contributed by atoms with Gasteiger partial charge >= 0.3 is 18.0 Å². The van der Waals surface area contributed by atoms with E-state index in [-0.39, 0.29) is 49.6 Å². The summed E-state index contributed by atoms with van der Waals surface area (Å²) in [6.07, 6.45) is 1.33. The predicted molar refractivity (Wildman–Crippen MR) is 99.6 cm³/mol. The third-order valence-electron chi connectivity index (χ3n) is 3.96. The van der Waals surface area contributed by atoms with Crippen LogP contribution < -0.4 is 16.2 Å². The van der Waals surface area contributed by atoms with Crippen LogP contribution in [0.15, 0.2) is 33.8 Å². The summed E-state index contributed by atoms with van der Waals surface area (Å²) in [5.41, 5.74) is 0.142. The van der Waals surface area contributed by atoms with Gasteiger partial charge in [-0.3, -0.25) is 14.2 Å². The van der Waals surface area contributed by atoms with Gasteiger partial charge in [-0.15, -0.1) is 11.3 Å². The van der Waals surface area contributed by atoms with E-state index in [1.165, 1.54) is 22.2 Å². The average Bonchev–Trinajstić information content (AvgIpc) is 3.15. The Bertz CT molecular complexity index is 1010. The number of hydrogen-bond acceptors (Lipinski definition) is 8. The zero-order valence-electron chi connectivity index (χ0n) is 15.0. The average molecular weight is 406 g/mol. The molecule has 28 heavy (non-hydrogen) atoms. The number of amides is 2. The zero-order valence-corrected chi connectivity index (χ0v) is 15.8. The van der Waals surface area contributed by atoms with Crippen molar-refractivity contribution in [1.82, 2.24) is 20.2 Å². The number of esters is 2. The molecule has 2 aromatic rings. The molecule has 0 radical (unpaired) electrons. The normalized spacial score (nSPS) is 13.8. The van der Waals surface area contributed by atoms with E-state index in [0.29, 0.717) is 10.2 Å². The van der Waals surface area contributed by atoms with Crippen LogP contribution in [0.5, 0.6) is 0 Å². The first kappa shape index (κ1) is 19.5. The number of thiophene rings is 1. The van der Waals surface area contributed by atoms with E-state index < -0.39 is 18.0 Å². The molecule has 3 rings (SSSR count). The molecule has 0 aliphatic carbocycles. The predicted octanol–water partition coefficient (Wildman–Crippen LogP) is 0.521. The molecule has 0 unspecified atom stereocenters. The molecule has 0 aromatic carbocycles. The maximum atomic E-state index is 12.3. The van der Waals surface area contributed by atoms with E-state index in [1.807, 2.05) is 0 Å². The van der Waals surface area contributed by atoms with E-state index in [2.05, 4.69) is 15.6 Å². The summed E-state index contributed by atoms with van der Waals surface area (Å²) in [4.78, 5) is 52.6. The van der Waals surface area contributed by atoms with Gasteiger partial charge in [-0.05, 0) is 18.4 Å². The van der Waals surface area contributed by atoms with Gasteiger partial charge in [0.05, 0.1) is 42.6 Å². The van der Waals surface area contributed by atoms with Crippen LogP contribution in [-0.4, -0.2) is 47.3 Å². The van der Waals surface area contributed by atoms with Crippen molar-refractivity contribution in [1.29, 1.82) is 0 Å². The minimum Gasteiger partial charge on any atom is -0.463 e. The quantitative estimate of drug-likeness (QED) is 0.642. The second kappa shape index (κ2) is 8.65. The summed E-state index contributed by atoms with van der Waals surface area (Å²) in [6, 6.07) is 1.19. The molecular weight excluding hydrogens is 388 g/mol. The fraction of sp³-hybridized carbons (Fsp3) is 0.353. The Balaban J connectivity index is 1.60. The van der Waals surface area contributed by atoms with Crippen molar-refractivity contribution < 1.29 is 23.9 Å². The van der Waals surface area contributed by atoms with Gasteiger partial charge in [0.1, 0.15) is 11.4 Å². The molecule has 10 nitrogen and oxygen atoms in total. The highest BCUT2D eigenvalue weighted by atomic mass is 32.1. The van der Waals surface area contributed by atoms with Gasteiger partial charge in [-0.25, -0.2) is 14.6 Å². The maximum absolute atomic E-state index is 12.3. The number of ether oxygens (including phenoxy) is 2. The van der Waals surface area contributed by atoms with Crippen molar-refractivity contribution >= 4 is 39.5 Å². The Morgan fingerprint density at radius 3 is 2.93 bits per heavy atom. The van der Waals surface area contributed by atoms with E-state index in [9.17, 15) is 19.2 Å². The minimum atomic E-state index is -0.595. The summed E-state index contributed by atoms with van der Waals surface area (Å²) in [7, 11) is 0. The van der Waals surface area contributed by atoms with E-state index in [0.717, 1.165) is 0 Å². The molecule has 0 bridgehead atoms. The number of rotatable bonds is 7. The van der Waals surface area contributed by atoms with Crippen molar-refractivity contribution in [2.24, 2.45) is 0 Å². The molecule has 2 amide bonds. The number of urea groups is 1. The molecule has 2 aromatic heterocycles. The van der Waals surface area contributed by atoms with Crippen LogP contribution in [-0.2, 0) is 25.6 Å². The highest BCUT2D eigenvalue weighted by molar-refractivity contribution is 7.16. The first-order chi connectivity index (χ1) is 13.5. The smallest absolute Gasteiger partial charge is 0.337 e. The molecule has 0 saturated carbocycles. The molecule has 0 fully saturated rings. The first-order valence-electron chi connectivity index (χ1n) is 8.52. The van der Waals surface area contributed by atoms with Crippen LogP contribution in [0.1, 0.15) is 13.3 Å². The second-order valence-electron chi connectivity index (χ2n) is 5.78. The van der Waals surface area contributed by atoms with Crippen molar-refractivity contribution in [3.05, 3.63) is 39.4 Å². The van der Waals surface area contributed by atoms with Crippen molar-refractivity contribution in [2.75, 3.05) is 19.8 Å². The largest absolute Gasteiger partial charge is 0.463 e. The number of aryl methyl sites for hydroxylation is 1. The minimum absolute atomic E-state index is 0.0146. The Morgan fingerprint density at radius 2 is 2.14 bits per heavy atom. The third-order valence-corrected chi connectivity index (χ3v) is 4.78. The lowest BCUT2D eigenvalue weighted by Gasteiger charge is -2.21. The Kier molecular flexibility index (Phi) is 6.04. The van der Waals surface area contributed by atoms with Gasteiger partial charge in [0.2, 0.25) is 0 Å². The molecule has 1 aliphatic heterocycles. The van der Waals surface area contributed by atoms with Crippen LogP contribution >= 0.6 is 11.3 Å². The van der Waals surface area contributed by atoms with Crippen LogP contribution in [0, 0.1) is 0 Å². The Morgan fingerprint density at radius 1 is 1.32 bits per heavy atom. The summed E-state index contributed by atoms with van der Waals surface area (Å²) < 4.78 is 11.4. The van der Waals surface area contributed by atoms with Gasteiger partial charge in [-0.2, -0.15) is 0 Å². The summed E-state index contributed by atoms with van der Waals surface area (Å²) in [5.74, 6) is -1.18. The highest BCUT2D eigenvalue weighted by Crippen LogP contribution is 2.13. The lowest BCUT2D eigenvalue weighted by Crippen LogP contribution is -2.45. The molecule has 1 aliphatic rings. The van der Waals surface area contributed by atoms with Gasteiger partial charge in [-0.1, -0.05) is 0 Å². The Labute approximate surface area is 163 Å². The van der Waals surface area contributed by atoms with E-state index in [1.54, 1.807) is 18.4 Å². The highest BCUT2D eigenvalue weighted by Gasteiger charge is 2.24. The fourth-order valence-corrected chi connectivity index (χ4v) is 3.28. The van der Waals surface area contributed by atoms with Gasteiger partial charge in [0.15, 0.2) is 0 Å². The number of carbonyl (C=O) groups is 3. The van der Waals surface area contributed by atoms with Crippen molar-refractivity contribution in [3.8, 4) is 0 Å². The van der Waals surface area contributed by atoms with Crippen LogP contribution in [0.4, 0.5) is 4.79 Å². The molecule has 11 heteroatoms. The van der Waals surface area contributed by atoms with Crippen LogP contribution in [0.2, 0.25) is 0 Å². The monoisotopic (exact) mass is 406 g/mol. The summed E-state index contributed by atoms with van der Waals surface area (Å²) >= 11 is 1.37. The van der Waals surface area contributed by atoms with Crippen LogP contribution in [0.25, 0.3) is 10.2 Å². The summed E-state index contributed by atoms with van der Waals surface area (Å²) in [6.45, 7) is 1.66. The number of carbonyl (C=O) groups excluding carboxylic acids is 3. The lowest BCUT2D eigenvalue weighted by molar-refractivity contribution is -0.143. The maximum Gasteiger partial charge on any atom is 0.337 e. The van der Waals surface area contributed by atoms with Gasteiger partial charge < -0.3 is 20.1 Å². The fourth-order valence-electron chi connectivity index (χ4n) is 2.56.